The minimum atomic E-state index is -0.851. The Morgan fingerprint density at radius 2 is 1.93 bits per heavy atom. The Morgan fingerprint density at radius 3 is 2.36 bits per heavy atom. The van der Waals surface area contributed by atoms with Crippen molar-refractivity contribution in [2.75, 3.05) is 0 Å². The molecular weight excluding hydrogens is 176 g/mol. The first-order valence-corrected chi connectivity index (χ1v) is 5.01. The lowest BCUT2D eigenvalue weighted by molar-refractivity contribution is 0.0697. The van der Waals surface area contributed by atoms with Crippen molar-refractivity contribution in [1.82, 2.24) is 0 Å². The number of hydrogen-bond donors (Lipinski definition) is 1. The highest BCUT2D eigenvalue weighted by Gasteiger charge is 2.28. The van der Waals surface area contributed by atoms with Crippen molar-refractivity contribution in [3.8, 4) is 0 Å². The van der Waals surface area contributed by atoms with Crippen LogP contribution in [-0.4, -0.2) is 11.1 Å². The monoisotopic (exact) mass is 190 g/mol. The minimum absolute atomic E-state index is 0.372. The molecule has 0 heterocycles. The standard InChI is InChI=1S/C12H14O2/c1-8(9-2-3-9)10-4-6-11(7-5-10)12(13)14/h4-9H,2-3H2,1H3,(H,13,14). The van der Waals surface area contributed by atoms with Crippen molar-refractivity contribution < 1.29 is 9.90 Å². The van der Waals surface area contributed by atoms with Crippen molar-refractivity contribution in [3.63, 3.8) is 0 Å². The van der Waals surface area contributed by atoms with Crippen molar-refractivity contribution in [3.05, 3.63) is 35.4 Å². The van der Waals surface area contributed by atoms with E-state index in [9.17, 15) is 4.79 Å². The molecule has 14 heavy (non-hydrogen) atoms. The molecule has 1 N–H and O–H groups in total. The average molecular weight is 190 g/mol. The zero-order valence-corrected chi connectivity index (χ0v) is 8.23. The van der Waals surface area contributed by atoms with E-state index < -0.39 is 5.97 Å². The molecule has 0 radical (unpaired) electrons. The van der Waals surface area contributed by atoms with Gasteiger partial charge < -0.3 is 5.11 Å². The molecule has 74 valence electrons. The quantitative estimate of drug-likeness (QED) is 0.795. The summed E-state index contributed by atoms with van der Waals surface area (Å²) in [6, 6.07) is 7.26. The molecule has 1 fully saturated rings. The van der Waals surface area contributed by atoms with Crippen LogP contribution < -0.4 is 0 Å². The zero-order valence-electron chi connectivity index (χ0n) is 8.23. The number of hydrogen-bond acceptors (Lipinski definition) is 1. The molecule has 1 aliphatic carbocycles. The molecular formula is C12H14O2. The first-order valence-electron chi connectivity index (χ1n) is 5.01. The van der Waals surface area contributed by atoms with Gasteiger partial charge in [0.2, 0.25) is 0 Å². The maximum atomic E-state index is 10.6. The highest BCUT2D eigenvalue weighted by molar-refractivity contribution is 5.87. The molecule has 1 unspecified atom stereocenters. The van der Waals surface area contributed by atoms with E-state index in [0.717, 1.165) is 5.92 Å². The van der Waals surface area contributed by atoms with E-state index in [1.807, 2.05) is 12.1 Å². The van der Waals surface area contributed by atoms with E-state index in [4.69, 9.17) is 5.11 Å². The normalized spacial score (nSPS) is 17.8. The van der Waals surface area contributed by atoms with Crippen LogP contribution in [0.3, 0.4) is 0 Å². The topological polar surface area (TPSA) is 37.3 Å². The molecule has 2 nitrogen and oxygen atoms in total. The van der Waals surface area contributed by atoms with E-state index in [2.05, 4.69) is 6.92 Å². The first-order chi connectivity index (χ1) is 6.68. The molecule has 1 aromatic rings. The fourth-order valence-electron chi connectivity index (χ4n) is 1.80. The molecule has 0 spiro atoms. The molecule has 0 saturated heterocycles. The summed E-state index contributed by atoms with van der Waals surface area (Å²) in [6.45, 7) is 2.22. The fraction of sp³-hybridized carbons (Fsp3) is 0.417. The third kappa shape index (κ3) is 1.79. The van der Waals surface area contributed by atoms with Crippen LogP contribution in [0.15, 0.2) is 24.3 Å². The molecule has 0 aromatic heterocycles. The highest BCUT2D eigenvalue weighted by Crippen LogP contribution is 2.42. The van der Waals surface area contributed by atoms with Crippen LogP contribution in [0, 0.1) is 5.92 Å². The lowest BCUT2D eigenvalue weighted by Gasteiger charge is -2.09. The Labute approximate surface area is 83.6 Å². The van der Waals surface area contributed by atoms with Crippen LogP contribution in [0.1, 0.15) is 41.6 Å². The summed E-state index contributed by atoms with van der Waals surface area (Å²) in [7, 11) is 0. The Hall–Kier alpha value is -1.31. The molecule has 2 rings (SSSR count). The van der Waals surface area contributed by atoms with Gasteiger partial charge in [-0.05, 0) is 42.4 Å². The van der Waals surface area contributed by atoms with Crippen molar-refractivity contribution in [1.29, 1.82) is 0 Å². The molecule has 0 aliphatic heterocycles. The second-order valence-electron chi connectivity index (χ2n) is 4.05. The summed E-state index contributed by atoms with van der Waals surface area (Å²) in [6.07, 6.45) is 2.64. The van der Waals surface area contributed by atoms with Gasteiger partial charge in [-0.25, -0.2) is 4.79 Å². The van der Waals surface area contributed by atoms with Gasteiger partial charge in [0.05, 0.1) is 5.56 Å². The Morgan fingerprint density at radius 1 is 1.36 bits per heavy atom. The molecule has 1 atom stereocenters. The lowest BCUT2D eigenvalue weighted by Crippen LogP contribution is -1.99. The van der Waals surface area contributed by atoms with Crippen LogP contribution in [0.5, 0.6) is 0 Å². The number of rotatable bonds is 3. The smallest absolute Gasteiger partial charge is 0.335 e. The number of carboxylic acid groups (broad SMARTS) is 1. The summed E-state index contributed by atoms with van der Waals surface area (Å²) >= 11 is 0. The maximum Gasteiger partial charge on any atom is 0.335 e. The Bertz CT molecular complexity index is 336. The van der Waals surface area contributed by atoms with Crippen molar-refractivity contribution in [2.24, 2.45) is 5.92 Å². The van der Waals surface area contributed by atoms with Crippen LogP contribution in [0.25, 0.3) is 0 Å². The molecule has 1 aromatic carbocycles. The van der Waals surface area contributed by atoms with Gasteiger partial charge >= 0.3 is 5.97 Å². The molecule has 1 aliphatic rings. The molecule has 1 saturated carbocycles. The van der Waals surface area contributed by atoms with E-state index >= 15 is 0 Å². The minimum Gasteiger partial charge on any atom is -0.478 e. The summed E-state index contributed by atoms with van der Waals surface area (Å²) in [5.41, 5.74) is 1.63. The highest BCUT2D eigenvalue weighted by atomic mass is 16.4. The van der Waals surface area contributed by atoms with E-state index in [1.165, 1.54) is 18.4 Å². The van der Waals surface area contributed by atoms with E-state index in [1.54, 1.807) is 12.1 Å². The SMILES string of the molecule is CC(c1ccc(C(=O)O)cc1)C1CC1. The van der Waals surface area contributed by atoms with Crippen LogP contribution in [0.4, 0.5) is 0 Å². The van der Waals surface area contributed by atoms with Crippen LogP contribution >= 0.6 is 0 Å². The summed E-state index contributed by atoms with van der Waals surface area (Å²) < 4.78 is 0. The van der Waals surface area contributed by atoms with Crippen LogP contribution in [-0.2, 0) is 0 Å². The summed E-state index contributed by atoms with van der Waals surface area (Å²) in [5, 5.41) is 8.74. The average Bonchev–Trinajstić information content (AvgIpc) is 3.00. The first kappa shape index (κ1) is 9.25. The number of benzene rings is 1. The predicted molar refractivity (Wildman–Crippen MR) is 54.5 cm³/mol. The summed E-state index contributed by atoms with van der Waals surface area (Å²) in [5.74, 6) is 0.555. The van der Waals surface area contributed by atoms with Gasteiger partial charge in [-0.3, -0.25) is 0 Å². The molecule has 2 heteroatoms. The van der Waals surface area contributed by atoms with E-state index in [0.29, 0.717) is 11.5 Å². The molecule has 0 amide bonds. The second kappa shape index (κ2) is 3.45. The van der Waals surface area contributed by atoms with Crippen LogP contribution in [0.2, 0.25) is 0 Å². The number of aromatic carboxylic acids is 1. The van der Waals surface area contributed by atoms with Gasteiger partial charge in [0, 0.05) is 0 Å². The number of carbonyl (C=O) groups is 1. The van der Waals surface area contributed by atoms with Gasteiger partial charge in [-0.2, -0.15) is 0 Å². The van der Waals surface area contributed by atoms with Crippen molar-refractivity contribution in [2.45, 2.75) is 25.7 Å². The Balaban J connectivity index is 2.16. The van der Waals surface area contributed by atoms with Gasteiger partial charge in [-0.1, -0.05) is 19.1 Å². The third-order valence-corrected chi connectivity index (χ3v) is 3.01. The largest absolute Gasteiger partial charge is 0.478 e. The molecule has 0 bridgehead atoms. The fourth-order valence-corrected chi connectivity index (χ4v) is 1.80. The van der Waals surface area contributed by atoms with E-state index in [-0.39, 0.29) is 0 Å². The van der Waals surface area contributed by atoms with Crippen molar-refractivity contribution >= 4 is 5.97 Å². The second-order valence-corrected chi connectivity index (χ2v) is 4.05. The lowest BCUT2D eigenvalue weighted by atomic mass is 9.95. The summed E-state index contributed by atoms with van der Waals surface area (Å²) in [4.78, 5) is 10.6. The number of carboxylic acids is 1. The Kier molecular flexibility index (Phi) is 2.28. The van der Waals surface area contributed by atoms with Gasteiger partial charge in [0.15, 0.2) is 0 Å². The maximum absolute atomic E-state index is 10.6. The van der Waals surface area contributed by atoms with Gasteiger partial charge in [-0.15, -0.1) is 0 Å². The third-order valence-electron chi connectivity index (χ3n) is 3.01. The van der Waals surface area contributed by atoms with Gasteiger partial charge in [0.25, 0.3) is 0 Å². The predicted octanol–water partition coefficient (Wildman–Crippen LogP) is 2.90. The zero-order chi connectivity index (χ0) is 10.1. The van der Waals surface area contributed by atoms with Gasteiger partial charge in [0.1, 0.15) is 0 Å².